The zero-order valence-electron chi connectivity index (χ0n) is 14.6. The minimum absolute atomic E-state index is 0. The summed E-state index contributed by atoms with van der Waals surface area (Å²) in [7, 11) is 0. The van der Waals surface area contributed by atoms with Crippen LogP contribution in [-0.4, -0.2) is 11.4 Å². The lowest BCUT2D eigenvalue weighted by atomic mass is 9.90. The van der Waals surface area contributed by atoms with Gasteiger partial charge in [-0.25, -0.2) is 0 Å². The molecular weight excluding hydrogens is 324 g/mol. The summed E-state index contributed by atoms with van der Waals surface area (Å²) in [6, 6.07) is 22.3. The normalized spacial score (nSPS) is 10.7. The van der Waals surface area contributed by atoms with Crippen LogP contribution in [0.1, 0.15) is 16.7 Å². The van der Waals surface area contributed by atoms with E-state index in [2.05, 4.69) is 23.4 Å². The first-order valence-corrected chi connectivity index (χ1v) is 8.16. The second-order valence-electron chi connectivity index (χ2n) is 5.82. The molecule has 0 aliphatic carbocycles. The molecule has 3 aromatic carbocycles. The first kappa shape index (κ1) is 19.3. The monoisotopic (exact) mass is 348 g/mol. The van der Waals surface area contributed by atoms with Gasteiger partial charge in [0.2, 0.25) is 0 Å². The predicted octanol–water partition coefficient (Wildman–Crippen LogP) is 3.91. The number of benzene rings is 3. The maximum absolute atomic E-state index is 9.04. The third kappa shape index (κ3) is 3.97. The number of nitrogens with zero attached hydrogens (tertiary/aromatic N) is 1. The van der Waals surface area contributed by atoms with Crippen LogP contribution in [0.25, 0.3) is 22.3 Å². The zero-order chi connectivity index (χ0) is 17.6. The van der Waals surface area contributed by atoms with Crippen molar-refractivity contribution in [3.8, 4) is 22.3 Å². The molecule has 0 spiro atoms. The number of rotatable bonds is 5. The molecule has 5 nitrogen and oxygen atoms in total. The highest BCUT2D eigenvalue weighted by atomic mass is 16.4. The van der Waals surface area contributed by atoms with Gasteiger partial charge in [0.15, 0.2) is 0 Å². The van der Waals surface area contributed by atoms with Crippen LogP contribution in [0.5, 0.6) is 0 Å². The Labute approximate surface area is 153 Å². The molecule has 0 radical (unpaired) electrons. The van der Waals surface area contributed by atoms with Gasteiger partial charge >= 0.3 is 0 Å². The molecule has 3 aromatic rings. The lowest BCUT2D eigenvalue weighted by Crippen LogP contribution is -1.97. The molecule has 0 bridgehead atoms. The highest BCUT2D eigenvalue weighted by Gasteiger charge is 2.12. The minimum atomic E-state index is 0. The number of hydrogen-bond acceptors (Lipinski definition) is 5. The third-order valence-corrected chi connectivity index (χ3v) is 4.27. The van der Waals surface area contributed by atoms with Crippen molar-refractivity contribution in [2.75, 3.05) is 0 Å². The predicted molar refractivity (Wildman–Crippen MR) is 107 cm³/mol. The Morgan fingerprint density at radius 3 is 1.81 bits per heavy atom. The van der Waals surface area contributed by atoms with Crippen molar-refractivity contribution in [1.82, 2.24) is 6.15 Å². The van der Waals surface area contributed by atoms with Crippen LogP contribution in [0.15, 0.2) is 71.9 Å². The average Bonchev–Trinajstić information content (AvgIpc) is 2.68. The Hall–Kier alpha value is -2.99. The molecule has 0 heterocycles. The van der Waals surface area contributed by atoms with E-state index in [0.717, 1.165) is 38.9 Å². The summed E-state index contributed by atoms with van der Waals surface area (Å²) in [4.78, 5) is 0. The van der Waals surface area contributed by atoms with Gasteiger partial charge in [-0.2, -0.15) is 0 Å². The largest absolute Gasteiger partial charge is 0.411 e. The quantitative estimate of drug-likeness (QED) is 0.317. The van der Waals surface area contributed by atoms with Crippen molar-refractivity contribution in [3.05, 3.63) is 83.4 Å². The summed E-state index contributed by atoms with van der Waals surface area (Å²) in [5.74, 6) is 0. The average molecular weight is 348 g/mol. The summed E-state index contributed by atoms with van der Waals surface area (Å²) < 4.78 is 0. The van der Waals surface area contributed by atoms with Gasteiger partial charge in [0.25, 0.3) is 0 Å². The minimum Gasteiger partial charge on any atom is -0.411 e. The first-order chi connectivity index (χ1) is 12.3. The van der Waals surface area contributed by atoms with Crippen molar-refractivity contribution in [1.29, 1.82) is 0 Å². The van der Waals surface area contributed by atoms with Crippen molar-refractivity contribution < 1.29 is 5.21 Å². The first-order valence-electron chi connectivity index (χ1n) is 8.16. The van der Waals surface area contributed by atoms with Crippen LogP contribution < -0.4 is 17.6 Å². The Kier molecular flexibility index (Phi) is 6.63. The van der Waals surface area contributed by atoms with Crippen LogP contribution in [-0.2, 0) is 13.1 Å². The highest BCUT2D eigenvalue weighted by Crippen LogP contribution is 2.34. The third-order valence-electron chi connectivity index (χ3n) is 4.27. The molecule has 0 atom stereocenters. The van der Waals surface area contributed by atoms with E-state index < -0.39 is 0 Å². The SMILES string of the molecule is N.NCc1ccc(-c2cccc(C=NO)c2-c2ccc(CN)cc2)cc1. The molecule has 8 N–H and O–H groups in total. The van der Waals surface area contributed by atoms with Gasteiger partial charge in [-0.05, 0) is 33.4 Å². The molecule has 5 heteroatoms. The summed E-state index contributed by atoms with van der Waals surface area (Å²) >= 11 is 0. The molecular formula is C21H24N4O. The van der Waals surface area contributed by atoms with E-state index in [1.807, 2.05) is 48.5 Å². The molecule has 0 saturated heterocycles. The zero-order valence-corrected chi connectivity index (χ0v) is 14.6. The topological polar surface area (TPSA) is 120 Å². The molecule has 0 aliphatic heterocycles. The van der Waals surface area contributed by atoms with Crippen molar-refractivity contribution >= 4 is 6.21 Å². The number of nitrogens with two attached hydrogens (primary N) is 2. The van der Waals surface area contributed by atoms with Crippen molar-refractivity contribution in [2.24, 2.45) is 16.6 Å². The highest BCUT2D eigenvalue weighted by molar-refractivity contribution is 5.97. The maximum Gasteiger partial charge on any atom is 0.0740 e. The van der Waals surface area contributed by atoms with Gasteiger partial charge in [0.1, 0.15) is 0 Å². The van der Waals surface area contributed by atoms with Crippen LogP contribution >= 0.6 is 0 Å². The van der Waals surface area contributed by atoms with Crippen molar-refractivity contribution in [3.63, 3.8) is 0 Å². The smallest absolute Gasteiger partial charge is 0.0740 e. The molecule has 0 unspecified atom stereocenters. The summed E-state index contributed by atoms with van der Waals surface area (Å²) in [5, 5.41) is 12.3. The van der Waals surface area contributed by atoms with E-state index >= 15 is 0 Å². The molecule has 134 valence electrons. The maximum atomic E-state index is 9.04. The fourth-order valence-corrected chi connectivity index (χ4v) is 2.93. The van der Waals surface area contributed by atoms with Gasteiger partial charge in [0.05, 0.1) is 6.21 Å². The van der Waals surface area contributed by atoms with Crippen LogP contribution in [0, 0.1) is 0 Å². The van der Waals surface area contributed by atoms with Crippen LogP contribution in [0.2, 0.25) is 0 Å². The molecule has 0 aromatic heterocycles. The lowest BCUT2D eigenvalue weighted by Gasteiger charge is -2.14. The number of oxime groups is 1. The van der Waals surface area contributed by atoms with E-state index in [1.54, 1.807) is 0 Å². The Bertz CT molecular complexity index is 872. The Balaban J connectivity index is 0.00000243. The van der Waals surface area contributed by atoms with Gasteiger partial charge < -0.3 is 22.8 Å². The Morgan fingerprint density at radius 2 is 1.31 bits per heavy atom. The second kappa shape index (κ2) is 8.92. The standard InChI is InChI=1S/C21H21N3O.H3N/c22-12-15-4-8-17(9-5-15)20-3-1-2-19(14-24-25)21(20)18-10-6-16(13-23)7-11-18;/h1-11,14,25H,12-13,22-23H2;1H3. The molecule has 0 fully saturated rings. The second-order valence-corrected chi connectivity index (χ2v) is 5.82. The fourth-order valence-electron chi connectivity index (χ4n) is 2.93. The van der Waals surface area contributed by atoms with E-state index in [9.17, 15) is 0 Å². The van der Waals surface area contributed by atoms with Gasteiger partial charge in [-0.15, -0.1) is 0 Å². The van der Waals surface area contributed by atoms with Gasteiger partial charge in [-0.3, -0.25) is 0 Å². The van der Waals surface area contributed by atoms with E-state index in [0.29, 0.717) is 13.1 Å². The van der Waals surface area contributed by atoms with Gasteiger partial charge in [0, 0.05) is 18.7 Å². The van der Waals surface area contributed by atoms with Crippen LogP contribution in [0.4, 0.5) is 0 Å². The van der Waals surface area contributed by atoms with E-state index in [4.69, 9.17) is 16.7 Å². The summed E-state index contributed by atoms with van der Waals surface area (Å²) in [5.41, 5.74) is 18.6. The molecule has 0 aliphatic rings. The fraction of sp³-hybridized carbons (Fsp3) is 0.0952. The van der Waals surface area contributed by atoms with Gasteiger partial charge in [-0.1, -0.05) is 71.9 Å². The number of hydrogen-bond donors (Lipinski definition) is 4. The van der Waals surface area contributed by atoms with Crippen molar-refractivity contribution in [2.45, 2.75) is 13.1 Å². The van der Waals surface area contributed by atoms with Crippen LogP contribution in [0.3, 0.4) is 0 Å². The van der Waals surface area contributed by atoms with E-state index in [1.165, 1.54) is 6.21 Å². The summed E-state index contributed by atoms with van der Waals surface area (Å²) in [6.45, 7) is 1.03. The molecule has 0 saturated carbocycles. The molecule has 0 amide bonds. The van der Waals surface area contributed by atoms with E-state index in [-0.39, 0.29) is 6.15 Å². The lowest BCUT2D eigenvalue weighted by molar-refractivity contribution is 0.322. The molecule has 3 rings (SSSR count). The Morgan fingerprint density at radius 1 is 0.769 bits per heavy atom. The molecule has 26 heavy (non-hydrogen) atoms. The summed E-state index contributed by atoms with van der Waals surface area (Å²) in [6.07, 6.45) is 1.46.